The molecule has 2 fully saturated rings. The molecule has 11 nitrogen and oxygen atoms in total. The molecule has 11 heteroatoms. The highest BCUT2D eigenvalue weighted by atomic mass is 16.4. The number of carboxylic acid groups (broad SMARTS) is 1. The van der Waals surface area contributed by atoms with Crippen molar-refractivity contribution in [3.8, 4) is 0 Å². The van der Waals surface area contributed by atoms with Crippen LogP contribution in [-0.2, 0) is 14.4 Å². The summed E-state index contributed by atoms with van der Waals surface area (Å²) in [5.41, 5.74) is -1.61. The summed E-state index contributed by atoms with van der Waals surface area (Å²) in [7, 11) is 0. The molecule has 0 aromatic heterocycles. The average Bonchev–Trinajstić information content (AvgIpc) is 3.28. The average molecular weight is 498 g/mol. The second kappa shape index (κ2) is 12.0. The molecule has 4 amide bonds. The standard InChI is InChI=1S/C24H43N5O6/c1-6-24(5,21(33)34)27-20(32)16-10-9-13-29(16)19(31)14-25-22(35)26-17(23(2,3)4)15-28-12-8-7-11-18(28)30/h16-17,20,27,32H,6-15H2,1-5H3,(H,33,34)(H2,25,26,35)/t16-,17+,20?,24-/m0/s1. The van der Waals surface area contributed by atoms with Crippen molar-refractivity contribution in [3.63, 3.8) is 0 Å². The summed E-state index contributed by atoms with van der Waals surface area (Å²) in [4.78, 5) is 52.6. The number of urea groups is 1. The Morgan fingerprint density at radius 3 is 2.37 bits per heavy atom. The summed E-state index contributed by atoms with van der Waals surface area (Å²) >= 11 is 0. The van der Waals surface area contributed by atoms with Crippen molar-refractivity contribution in [3.05, 3.63) is 0 Å². The van der Waals surface area contributed by atoms with E-state index in [1.54, 1.807) is 11.8 Å². The Bertz CT molecular complexity index is 785. The van der Waals surface area contributed by atoms with Gasteiger partial charge in [-0.05, 0) is 44.4 Å². The van der Waals surface area contributed by atoms with E-state index in [2.05, 4.69) is 16.0 Å². The molecule has 4 atom stereocenters. The molecular weight excluding hydrogens is 454 g/mol. The fourth-order valence-corrected chi connectivity index (χ4v) is 4.45. The maximum absolute atomic E-state index is 12.9. The maximum Gasteiger partial charge on any atom is 0.323 e. The summed E-state index contributed by atoms with van der Waals surface area (Å²) in [5.74, 6) is -1.33. The molecule has 0 aromatic carbocycles. The Morgan fingerprint density at radius 1 is 1.11 bits per heavy atom. The number of aliphatic carboxylic acids is 1. The van der Waals surface area contributed by atoms with Gasteiger partial charge < -0.3 is 30.6 Å². The molecule has 1 unspecified atom stereocenters. The van der Waals surface area contributed by atoms with Crippen LogP contribution in [0, 0.1) is 5.41 Å². The summed E-state index contributed by atoms with van der Waals surface area (Å²) in [6.45, 7) is 10.4. The smallest absolute Gasteiger partial charge is 0.323 e. The van der Waals surface area contributed by atoms with Gasteiger partial charge in [-0.3, -0.25) is 19.7 Å². The maximum atomic E-state index is 12.9. The van der Waals surface area contributed by atoms with Gasteiger partial charge in [0, 0.05) is 26.1 Å². The van der Waals surface area contributed by atoms with Crippen molar-refractivity contribution in [2.24, 2.45) is 5.41 Å². The highest BCUT2D eigenvalue weighted by Crippen LogP contribution is 2.23. The molecule has 0 aromatic rings. The van der Waals surface area contributed by atoms with Crippen LogP contribution in [0.1, 0.15) is 73.1 Å². The van der Waals surface area contributed by atoms with Crippen LogP contribution in [0.5, 0.6) is 0 Å². The number of piperidine rings is 1. The normalized spacial score (nSPS) is 22.3. The van der Waals surface area contributed by atoms with E-state index in [0.29, 0.717) is 38.9 Å². The lowest BCUT2D eigenvalue weighted by Gasteiger charge is -2.37. The van der Waals surface area contributed by atoms with Crippen molar-refractivity contribution in [2.45, 2.75) is 97.0 Å². The molecule has 2 rings (SSSR count). The van der Waals surface area contributed by atoms with Crippen molar-refractivity contribution in [2.75, 3.05) is 26.2 Å². The third-order valence-corrected chi connectivity index (χ3v) is 7.20. The summed E-state index contributed by atoms with van der Waals surface area (Å²) in [6, 6.07) is -1.38. The zero-order chi connectivity index (χ0) is 26.4. The number of aliphatic hydroxyl groups excluding tert-OH is 1. The van der Waals surface area contributed by atoms with Crippen molar-refractivity contribution in [1.29, 1.82) is 0 Å². The highest BCUT2D eigenvalue weighted by Gasteiger charge is 2.40. The van der Waals surface area contributed by atoms with Gasteiger partial charge in [-0.25, -0.2) is 4.79 Å². The summed E-state index contributed by atoms with van der Waals surface area (Å²) in [6.07, 6.45) is 2.63. The van der Waals surface area contributed by atoms with E-state index in [1.165, 1.54) is 11.8 Å². The summed E-state index contributed by atoms with van der Waals surface area (Å²) < 4.78 is 0. The second-order valence-electron chi connectivity index (χ2n) is 10.9. The number of rotatable bonds is 10. The molecule has 35 heavy (non-hydrogen) atoms. The van der Waals surface area contributed by atoms with Crippen LogP contribution in [0.3, 0.4) is 0 Å². The van der Waals surface area contributed by atoms with Gasteiger partial charge in [0.15, 0.2) is 0 Å². The molecular formula is C24H43N5O6. The number of likely N-dealkylation sites (tertiary alicyclic amines) is 2. The van der Waals surface area contributed by atoms with E-state index in [0.717, 1.165) is 12.8 Å². The first-order valence-electron chi connectivity index (χ1n) is 12.6. The number of carboxylic acids is 1. The molecule has 2 aliphatic heterocycles. The third kappa shape index (κ3) is 7.79. The predicted octanol–water partition coefficient (Wildman–Crippen LogP) is 0.865. The number of hydrogen-bond donors (Lipinski definition) is 5. The Kier molecular flexibility index (Phi) is 9.91. The molecule has 2 saturated heterocycles. The molecule has 2 heterocycles. The van der Waals surface area contributed by atoms with E-state index < -0.39 is 29.8 Å². The minimum atomic E-state index is -1.31. The fraction of sp³-hybridized carbons (Fsp3) is 0.833. The lowest BCUT2D eigenvalue weighted by atomic mass is 9.86. The number of hydrogen-bond acceptors (Lipinski definition) is 6. The van der Waals surface area contributed by atoms with Crippen LogP contribution >= 0.6 is 0 Å². The van der Waals surface area contributed by atoms with Crippen LogP contribution in [0.4, 0.5) is 4.79 Å². The minimum Gasteiger partial charge on any atom is -0.480 e. The van der Waals surface area contributed by atoms with Gasteiger partial charge in [-0.1, -0.05) is 27.7 Å². The summed E-state index contributed by atoms with van der Waals surface area (Å²) in [5, 5.41) is 28.4. The molecule has 0 saturated carbocycles. The monoisotopic (exact) mass is 497 g/mol. The van der Waals surface area contributed by atoms with E-state index in [4.69, 9.17) is 0 Å². The molecule has 2 aliphatic rings. The Labute approximate surface area is 208 Å². The van der Waals surface area contributed by atoms with Crippen molar-refractivity contribution >= 4 is 23.8 Å². The zero-order valence-electron chi connectivity index (χ0n) is 21.7. The molecule has 200 valence electrons. The topological polar surface area (TPSA) is 151 Å². The number of carbonyl (C=O) groups excluding carboxylic acids is 3. The number of nitrogens with one attached hydrogen (secondary N) is 3. The van der Waals surface area contributed by atoms with Gasteiger partial charge >= 0.3 is 12.0 Å². The molecule has 0 bridgehead atoms. The Morgan fingerprint density at radius 2 is 1.80 bits per heavy atom. The van der Waals surface area contributed by atoms with E-state index in [9.17, 15) is 29.4 Å². The van der Waals surface area contributed by atoms with Crippen LogP contribution < -0.4 is 16.0 Å². The first-order chi connectivity index (χ1) is 16.3. The van der Waals surface area contributed by atoms with Gasteiger partial charge in [0.1, 0.15) is 11.8 Å². The van der Waals surface area contributed by atoms with E-state index in [1.807, 2.05) is 20.8 Å². The zero-order valence-corrected chi connectivity index (χ0v) is 21.7. The number of amides is 4. The van der Waals surface area contributed by atoms with Crippen molar-refractivity contribution < 1.29 is 29.4 Å². The molecule has 0 spiro atoms. The second-order valence-corrected chi connectivity index (χ2v) is 10.9. The van der Waals surface area contributed by atoms with Crippen LogP contribution in [-0.4, -0.2) is 93.9 Å². The lowest BCUT2D eigenvalue weighted by Crippen LogP contribution is -2.60. The van der Waals surface area contributed by atoms with E-state index >= 15 is 0 Å². The van der Waals surface area contributed by atoms with E-state index in [-0.39, 0.29) is 36.2 Å². The first kappa shape index (κ1) is 28.8. The lowest BCUT2D eigenvalue weighted by molar-refractivity contribution is -0.147. The van der Waals surface area contributed by atoms with Crippen molar-refractivity contribution in [1.82, 2.24) is 25.8 Å². The van der Waals surface area contributed by atoms with Crippen LogP contribution in [0.25, 0.3) is 0 Å². The Hall–Kier alpha value is -2.40. The number of aliphatic hydroxyl groups is 1. The van der Waals surface area contributed by atoms with Gasteiger partial charge in [-0.15, -0.1) is 0 Å². The van der Waals surface area contributed by atoms with Crippen LogP contribution in [0.2, 0.25) is 0 Å². The largest absolute Gasteiger partial charge is 0.480 e. The van der Waals surface area contributed by atoms with Gasteiger partial charge in [-0.2, -0.15) is 0 Å². The number of nitrogens with zero attached hydrogens (tertiary/aromatic N) is 2. The quantitative estimate of drug-likeness (QED) is 0.281. The molecule has 0 radical (unpaired) electrons. The fourth-order valence-electron chi connectivity index (χ4n) is 4.45. The minimum absolute atomic E-state index is 0.0946. The van der Waals surface area contributed by atoms with Gasteiger partial charge in [0.05, 0.1) is 18.6 Å². The first-order valence-corrected chi connectivity index (χ1v) is 12.6. The van der Waals surface area contributed by atoms with Gasteiger partial charge in [0.2, 0.25) is 11.8 Å². The van der Waals surface area contributed by atoms with Gasteiger partial charge in [0.25, 0.3) is 0 Å². The van der Waals surface area contributed by atoms with Crippen LogP contribution in [0.15, 0.2) is 0 Å². The third-order valence-electron chi connectivity index (χ3n) is 7.20. The molecule has 0 aliphatic carbocycles. The number of carbonyl (C=O) groups is 4. The SMILES string of the molecule is CC[C@](C)(NC(O)[C@@H]1CCCN1C(=O)CNC(=O)N[C@H](CN1CCCCC1=O)C(C)(C)C)C(=O)O. The highest BCUT2D eigenvalue weighted by molar-refractivity contribution is 5.84. The Balaban J connectivity index is 1.92. The molecule has 5 N–H and O–H groups in total. The predicted molar refractivity (Wildman–Crippen MR) is 130 cm³/mol.